The molecule has 3 amide bonds. The van der Waals surface area contributed by atoms with Crippen LogP contribution in [0.15, 0.2) is 35.0 Å². The number of likely N-dealkylation sites (tertiary alicyclic amines) is 1. The van der Waals surface area contributed by atoms with Crippen molar-refractivity contribution in [2.75, 3.05) is 27.2 Å². The van der Waals surface area contributed by atoms with Gasteiger partial charge in [0.2, 0.25) is 17.7 Å². The number of carbonyl (C=O) groups excluding carboxylic acids is 3. The van der Waals surface area contributed by atoms with Gasteiger partial charge in [0.15, 0.2) is 0 Å². The first-order valence-electron chi connectivity index (χ1n) is 8.95. The van der Waals surface area contributed by atoms with E-state index < -0.39 is 0 Å². The van der Waals surface area contributed by atoms with E-state index in [1.807, 2.05) is 43.3 Å². The number of hydrogen-bond acceptors (Lipinski definition) is 5. The van der Waals surface area contributed by atoms with Gasteiger partial charge in [-0.25, -0.2) is 0 Å². The van der Waals surface area contributed by atoms with Gasteiger partial charge in [-0.2, -0.15) is 0 Å². The van der Waals surface area contributed by atoms with Crippen LogP contribution in [0.1, 0.15) is 31.1 Å². The standard InChI is InChI=1S/C19H25N3O4/c1-21(2)15(16-8-5-11-26-16)12-20-17(23)9-10-22-18(24)13-6-3-4-7-14(13)19(22)25/h3-5,8,11,13-15H,6-7,9-10,12H2,1-2H3,(H,20,23)/t13-,14+,15-/m1/s1. The number of allylic oxidation sites excluding steroid dienone is 2. The summed E-state index contributed by atoms with van der Waals surface area (Å²) in [5.41, 5.74) is 0. The van der Waals surface area contributed by atoms with Gasteiger partial charge >= 0.3 is 0 Å². The monoisotopic (exact) mass is 359 g/mol. The molecular weight excluding hydrogens is 334 g/mol. The fourth-order valence-electron chi connectivity index (χ4n) is 3.62. The maximum absolute atomic E-state index is 12.4. The zero-order valence-corrected chi connectivity index (χ0v) is 15.2. The second-order valence-corrected chi connectivity index (χ2v) is 7.03. The lowest BCUT2D eigenvalue weighted by Gasteiger charge is -2.23. The highest BCUT2D eigenvalue weighted by Gasteiger charge is 2.46. The molecule has 26 heavy (non-hydrogen) atoms. The topological polar surface area (TPSA) is 82.9 Å². The summed E-state index contributed by atoms with van der Waals surface area (Å²) in [5.74, 6) is -0.174. The molecule has 3 atom stereocenters. The number of nitrogens with one attached hydrogen (secondary N) is 1. The molecule has 1 fully saturated rings. The number of nitrogens with zero attached hydrogens (tertiary/aromatic N) is 2. The molecule has 1 aromatic heterocycles. The average molecular weight is 359 g/mol. The summed E-state index contributed by atoms with van der Waals surface area (Å²) in [7, 11) is 3.83. The Balaban J connectivity index is 1.50. The Labute approximate surface area is 153 Å². The van der Waals surface area contributed by atoms with Crippen molar-refractivity contribution in [3.8, 4) is 0 Å². The summed E-state index contributed by atoms with van der Waals surface area (Å²) in [4.78, 5) is 40.2. The van der Waals surface area contributed by atoms with Gasteiger partial charge < -0.3 is 9.73 Å². The quantitative estimate of drug-likeness (QED) is 0.587. The Hall–Kier alpha value is -2.41. The molecule has 0 aromatic carbocycles. The van der Waals surface area contributed by atoms with Crippen LogP contribution in [0.3, 0.4) is 0 Å². The van der Waals surface area contributed by atoms with Crippen molar-refractivity contribution >= 4 is 17.7 Å². The van der Waals surface area contributed by atoms with E-state index in [0.717, 1.165) is 5.76 Å². The molecule has 140 valence electrons. The molecule has 0 saturated carbocycles. The highest BCUT2D eigenvalue weighted by atomic mass is 16.3. The SMILES string of the molecule is CN(C)[C@H](CNC(=O)CCN1C(=O)[C@H]2CC=CC[C@H]2C1=O)c1ccco1. The smallest absolute Gasteiger partial charge is 0.233 e. The number of fused-ring (bicyclic) bond motifs is 1. The van der Waals surface area contributed by atoms with Gasteiger partial charge in [0.25, 0.3) is 0 Å². The Morgan fingerprint density at radius 1 is 1.27 bits per heavy atom. The van der Waals surface area contributed by atoms with Crippen molar-refractivity contribution in [2.24, 2.45) is 11.8 Å². The van der Waals surface area contributed by atoms with Crippen LogP contribution in [-0.2, 0) is 14.4 Å². The third kappa shape index (κ3) is 3.72. The molecule has 1 aromatic rings. The molecule has 3 rings (SSSR count). The summed E-state index contributed by atoms with van der Waals surface area (Å²) in [5, 5.41) is 2.87. The third-order valence-electron chi connectivity index (χ3n) is 5.15. The van der Waals surface area contributed by atoms with E-state index in [4.69, 9.17) is 4.42 Å². The largest absolute Gasteiger partial charge is 0.468 e. The van der Waals surface area contributed by atoms with Gasteiger partial charge in [0.1, 0.15) is 5.76 Å². The molecule has 1 aliphatic carbocycles. The third-order valence-corrected chi connectivity index (χ3v) is 5.15. The van der Waals surface area contributed by atoms with Gasteiger partial charge in [0.05, 0.1) is 24.1 Å². The minimum absolute atomic E-state index is 0.0713. The van der Waals surface area contributed by atoms with Crippen molar-refractivity contribution < 1.29 is 18.8 Å². The van der Waals surface area contributed by atoms with E-state index in [2.05, 4.69) is 5.32 Å². The van der Waals surface area contributed by atoms with Gasteiger partial charge in [0, 0.05) is 19.5 Å². The zero-order chi connectivity index (χ0) is 18.7. The Morgan fingerprint density at radius 2 is 1.92 bits per heavy atom. The molecule has 7 nitrogen and oxygen atoms in total. The summed E-state index contributed by atoms with van der Waals surface area (Å²) in [6.07, 6.45) is 6.86. The Morgan fingerprint density at radius 3 is 2.46 bits per heavy atom. The maximum Gasteiger partial charge on any atom is 0.233 e. The van der Waals surface area contributed by atoms with Crippen LogP contribution in [-0.4, -0.2) is 54.7 Å². The van der Waals surface area contributed by atoms with Crippen molar-refractivity contribution in [1.29, 1.82) is 0 Å². The lowest BCUT2D eigenvalue weighted by molar-refractivity contribution is -0.140. The lowest BCUT2D eigenvalue weighted by atomic mass is 9.85. The number of hydrogen-bond donors (Lipinski definition) is 1. The fourth-order valence-corrected chi connectivity index (χ4v) is 3.62. The second kappa shape index (κ2) is 7.86. The van der Waals surface area contributed by atoms with Crippen molar-refractivity contribution in [3.63, 3.8) is 0 Å². The molecule has 7 heteroatoms. The van der Waals surface area contributed by atoms with Crippen molar-refractivity contribution in [1.82, 2.24) is 15.1 Å². The molecule has 0 spiro atoms. The zero-order valence-electron chi connectivity index (χ0n) is 15.2. The first-order valence-corrected chi connectivity index (χ1v) is 8.95. The molecule has 1 saturated heterocycles. The maximum atomic E-state index is 12.4. The van der Waals surface area contributed by atoms with Crippen LogP contribution in [0.4, 0.5) is 0 Å². The highest BCUT2D eigenvalue weighted by Crippen LogP contribution is 2.34. The molecular formula is C19H25N3O4. The van der Waals surface area contributed by atoms with Crippen LogP contribution in [0.2, 0.25) is 0 Å². The lowest BCUT2D eigenvalue weighted by Crippen LogP contribution is -2.38. The summed E-state index contributed by atoms with van der Waals surface area (Å²) < 4.78 is 5.42. The Bertz CT molecular complexity index is 670. The van der Waals surface area contributed by atoms with Gasteiger partial charge in [-0.1, -0.05) is 12.2 Å². The molecule has 2 aliphatic rings. The van der Waals surface area contributed by atoms with E-state index in [9.17, 15) is 14.4 Å². The van der Waals surface area contributed by atoms with E-state index >= 15 is 0 Å². The van der Waals surface area contributed by atoms with Crippen LogP contribution in [0.5, 0.6) is 0 Å². The molecule has 1 aliphatic heterocycles. The number of carbonyl (C=O) groups is 3. The minimum Gasteiger partial charge on any atom is -0.468 e. The first kappa shape index (κ1) is 18.4. The van der Waals surface area contributed by atoms with E-state index in [-0.39, 0.29) is 48.6 Å². The van der Waals surface area contributed by atoms with Crippen molar-refractivity contribution in [2.45, 2.75) is 25.3 Å². The predicted molar refractivity (Wildman–Crippen MR) is 94.8 cm³/mol. The van der Waals surface area contributed by atoms with Crippen LogP contribution in [0, 0.1) is 11.8 Å². The van der Waals surface area contributed by atoms with E-state index in [0.29, 0.717) is 19.4 Å². The van der Waals surface area contributed by atoms with Gasteiger partial charge in [-0.15, -0.1) is 0 Å². The second-order valence-electron chi connectivity index (χ2n) is 7.03. The van der Waals surface area contributed by atoms with Crippen LogP contribution < -0.4 is 5.32 Å². The summed E-state index contributed by atoms with van der Waals surface area (Å²) in [6, 6.07) is 3.61. The van der Waals surface area contributed by atoms with E-state index in [1.54, 1.807) is 6.26 Å². The molecule has 2 heterocycles. The van der Waals surface area contributed by atoms with Gasteiger partial charge in [-0.3, -0.25) is 24.2 Å². The number of furan rings is 1. The number of likely N-dealkylation sites (N-methyl/N-ethyl adjacent to an activating group) is 1. The first-order chi connectivity index (χ1) is 12.5. The van der Waals surface area contributed by atoms with Crippen LogP contribution in [0.25, 0.3) is 0 Å². The minimum atomic E-state index is -0.243. The van der Waals surface area contributed by atoms with Crippen molar-refractivity contribution in [3.05, 3.63) is 36.3 Å². The predicted octanol–water partition coefficient (Wildman–Crippen LogP) is 1.34. The van der Waals surface area contributed by atoms with E-state index in [1.165, 1.54) is 4.90 Å². The molecule has 0 radical (unpaired) electrons. The van der Waals surface area contributed by atoms with Gasteiger partial charge in [-0.05, 0) is 39.1 Å². The Kier molecular flexibility index (Phi) is 5.56. The number of rotatable bonds is 7. The molecule has 0 bridgehead atoms. The van der Waals surface area contributed by atoms with Crippen LogP contribution >= 0.6 is 0 Å². The molecule has 0 unspecified atom stereocenters. The fraction of sp³-hybridized carbons (Fsp3) is 0.526. The summed E-state index contributed by atoms with van der Waals surface area (Å²) in [6.45, 7) is 0.542. The average Bonchev–Trinajstić information content (AvgIpc) is 3.22. The number of amides is 3. The summed E-state index contributed by atoms with van der Waals surface area (Å²) >= 11 is 0. The highest BCUT2D eigenvalue weighted by molar-refractivity contribution is 6.05. The number of imide groups is 1. The molecule has 1 N–H and O–H groups in total. The normalized spacial score (nSPS) is 23.4.